The first-order valence-corrected chi connectivity index (χ1v) is 9.26. The summed E-state index contributed by atoms with van der Waals surface area (Å²) < 4.78 is 27.9. The number of hydrogen-bond acceptors (Lipinski definition) is 3. The lowest BCUT2D eigenvalue weighted by Gasteiger charge is -2.34. The largest absolute Gasteiger partial charge is 0.348 e. The van der Waals surface area contributed by atoms with Crippen LogP contribution < -0.4 is 0 Å². The Labute approximate surface area is 141 Å². The molecule has 1 aromatic heterocycles. The number of nitrogens with zero attached hydrogens (tertiary/aromatic N) is 2. The van der Waals surface area contributed by atoms with Crippen LogP contribution in [-0.4, -0.2) is 29.2 Å². The minimum Gasteiger partial charge on any atom is -0.348 e. The molecule has 0 fully saturated rings. The van der Waals surface area contributed by atoms with E-state index in [1.54, 1.807) is 34.9 Å². The summed E-state index contributed by atoms with van der Waals surface area (Å²) in [5.41, 5.74) is 2.71. The van der Waals surface area contributed by atoms with Crippen molar-refractivity contribution in [3.8, 4) is 0 Å². The number of hydrogen-bond donors (Lipinski definition) is 1. The molecule has 0 aliphatic carbocycles. The lowest BCUT2D eigenvalue weighted by Crippen LogP contribution is -2.40. The second-order valence-electron chi connectivity index (χ2n) is 5.76. The molecular weight excluding hydrogens is 322 g/mol. The number of rotatable bonds is 3. The summed E-state index contributed by atoms with van der Waals surface area (Å²) in [6.45, 7) is 0.423. The van der Waals surface area contributed by atoms with E-state index in [4.69, 9.17) is 0 Å². The molecule has 1 aliphatic rings. The molecule has 0 saturated heterocycles. The lowest BCUT2D eigenvalue weighted by atomic mass is 9.98. The molecule has 2 aromatic carbocycles. The third-order valence-electron chi connectivity index (χ3n) is 4.35. The van der Waals surface area contributed by atoms with Gasteiger partial charge >= 0.3 is 0 Å². The molecule has 2 heterocycles. The highest BCUT2D eigenvalue weighted by atomic mass is 32.2. The first-order chi connectivity index (χ1) is 11.7. The van der Waals surface area contributed by atoms with Gasteiger partial charge in [0, 0.05) is 18.7 Å². The average molecular weight is 339 g/mol. The van der Waals surface area contributed by atoms with Crippen molar-refractivity contribution in [2.24, 2.45) is 0 Å². The van der Waals surface area contributed by atoms with Gasteiger partial charge in [0.05, 0.1) is 23.0 Å². The summed E-state index contributed by atoms with van der Waals surface area (Å²) in [4.78, 5) is 7.86. The van der Waals surface area contributed by atoms with Crippen molar-refractivity contribution >= 4 is 10.0 Å². The first-order valence-electron chi connectivity index (χ1n) is 7.82. The lowest BCUT2D eigenvalue weighted by molar-refractivity contribution is 0.338. The van der Waals surface area contributed by atoms with Crippen molar-refractivity contribution in [3.05, 3.63) is 83.9 Å². The molecule has 122 valence electrons. The summed E-state index contributed by atoms with van der Waals surface area (Å²) in [6, 6.07) is 17.8. The quantitative estimate of drug-likeness (QED) is 0.798. The number of sulfonamides is 1. The van der Waals surface area contributed by atoms with Gasteiger partial charge in [-0.3, -0.25) is 0 Å². The van der Waals surface area contributed by atoms with E-state index in [1.807, 2.05) is 36.4 Å². The van der Waals surface area contributed by atoms with Gasteiger partial charge in [0.15, 0.2) is 0 Å². The maximum atomic E-state index is 13.2. The van der Waals surface area contributed by atoms with E-state index >= 15 is 0 Å². The summed E-state index contributed by atoms with van der Waals surface area (Å²) in [7, 11) is -3.60. The van der Waals surface area contributed by atoms with Crippen molar-refractivity contribution in [2.75, 3.05) is 6.54 Å². The normalized spacial score (nSPS) is 18.2. The Hall–Kier alpha value is -2.44. The molecule has 1 N–H and O–H groups in total. The van der Waals surface area contributed by atoms with Crippen LogP contribution in [0.15, 0.2) is 71.9 Å². The summed E-state index contributed by atoms with van der Waals surface area (Å²) >= 11 is 0. The average Bonchev–Trinajstić information content (AvgIpc) is 3.11. The molecule has 1 unspecified atom stereocenters. The van der Waals surface area contributed by atoms with Gasteiger partial charge in [-0.2, -0.15) is 4.31 Å². The maximum absolute atomic E-state index is 13.2. The van der Waals surface area contributed by atoms with Crippen LogP contribution in [0.2, 0.25) is 0 Å². The Morgan fingerprint density at radius 2 is 1.67 bits per heavy atom. The number of aromatic amines is 1. The minimum absolute atomic E-state index is 0.310. The summed E-state index contributed by atoms with van der Waals surface area (Å²) in [5, 5.41) is 0. The van der Waals surface area contributed by atoms with Gasteiger partial charge in [0.25, 0.3) is 0 Å². The topological polar surface area (TPSA) is 66.1 Å². The molecule has 0 bridgehead atoms. The molecule has 4 rings (SSSR count). The Morgan fingerprint density at radius 3 is 2.38 bits per heavy atom. The second-order valence-corrected chi connectivity index (χ2v) is 7.65. The smallest absolute Gasteiger partial charge is 0.244 e. The predicted octanol–water partition coefficient (Wildman–Crippen LogP) is 2.75. The van der Waals surface area contributed by atoms with Gasteiger partial charge in [-0.1, -0.05) is 48.5 Å². The van der Waals surface area contributed by atoms with Crippen molar-refractivity contribution in [2.45, 2.75) is 17.4 Å². The van der Waals surface area contributed by atoms with E-state index in [0.29, 0.717) is 17.9 Å². The van der Waals surface area contributed by atoms with Crippen molar-refractivity contribution < 1.29 is 8.42 Å². The van der Waals surface area contributed by atoms with Crippen molar-refractivity contribution in [1.82, 2.24) is 14.3 Å². The molecule has 5 nitrogen and oxygen atoms in total. The van der Waals surface area contributed by atoms with E-state index in [9.17, 15) is 8.42 Å². The molecule has 0 radical (unpaired) electrons. The standard InChI is InChI=1S/C18H17N3O2S/c22-24(23,15-9-5-2-6-10-15)21-12-11-16-17(20-13-19-16)18(21)14-7-3-1-4-8-14/h1-10,13,18H,11-12H2,(H,19,20). The Bertz CT molecular complexity index is 937. The molecule has 1 aliphatic heterocycles. The fourth-order valence-electron chi connectivity index (χ4n) is 3.20. The first kappa shape index (κ1) is 15.1. The number of imidazole rings is 1. The Kier molecular flexibility index (Phi) is 3.70. The van der Waals surface area contributed by atoms with Gasteiger partial charge in [0.2, 0.25) is 10.0 Å². The fourth-order valence-corrected chi connectivity index (χ4v) is 4.80. The molecule has 24 heavy (non-hydrogen) atoms. The number of fused-ring (bicyclic) bond motifs is 1. The van der Waals surface area contributed by atoms with Crippen LogP contribution in [0, 0.1) is 0 Å². The number of nitrogens with one attached hydrogen (secondary N) is 1. The molecule has 0 saturated carbocycles. The zero-order valence-electron chi connectivity index (χ0n) is 13.0. The second kappa shape index (κ2) is 5.89. The van der Waals surface area contributed by atoms with E-state index in [-0.39, 0.29) is 0 Å². The summed E-state index contributed by atoms with van der Waals surface area (Å²) in [5.74, 6) is 0. The predicted molar refractivity (Wildman–Crippen MR) is 90.9 cm³/mol. The monoisotopic (exact) mass is 339 g/mol. The number of benzene rings is 2. The molecule has 6 heteroatoms. The van der Waals surface area contributed by atoms with E-state index in [0.717, 1.165) is 17.0 Å². The van der Waals surface area contributed by atoms with Gasteiger partial charge in [-0.15, -0.1) is 0 Å². The van der Waals surface area contributed by atoms with Crippen LogP contribution in [0.25, 0.3) is 0 Å². The maximum Gasteiger partial charge on any atom is 0.244 e. The van der Waals surface area contributed by atoms with Gasteiger partial charge < -0.3 is 4.98 Å². The zero-order chi connectivity index (χ0) is 16.6. The highest BCUT2D eigenvalue weighted by Crippen LogP contribution is 2.36. The van der Waals surface area contributed by atoms with Gasteiger partial charge in [-0.05, 0) is 17.7 Å². The van der Waals surface area contributed by atoms with Gasteiger partial charge in [0.1, 0.15) is 0 Å². The Balaban J connectivity index is 1.86. The van der Waals surface area contributed by atoms with E-state index in [1.165, 1.54) is 0 Å². The van der Waals surface area contributed by atoms with Gasteiger partial charge in [-0.25, -0.2) is 13.4 Å². The van der Waals surface area contributed by atoms with Crippen molar-refractivity contribution in [3.63, 3.8) is 0 Å². The summed E-state index contributed by atoms with van der Waals surface area (Å²) in [6.07, 6.45) is 2.27. The van der Waals surface area contributed by atoms with Crippen LogP contribution >= 0.6 is 0 Å². The number of aromatic nitrogens is 2. The third kappa shape index (κ3) is 2.44. The third-order valence-corrected chi connectivity index (χ3v) is 6.22. The fraction of sp³-hybridized carbons (Fsp3) is 0.167. The highest BCUT2D eigenvalue weighted by molar-refractivity contribution is 7.89. The zero-order valence-corrected chi connectivity index (χ0v) is 13.8. The number of H-pyrrole nitrogens is 1. The minimum atomic E-state index is -3.60. The SMILES string of the molecule is O=S(=O)(c1ccccc1)N1CCc2[nH]cnc2C1c1ccccc1. The van der Waals surface area contributed by atoms with Crippen LogP contribution in [0.3, 0.4) is 0 Å². The van der Waals surface area contributed by atoms with E-state index in [2.05, 4.69) is 9.97 Å². The van der Waals surface area contributed by atoms with E-state index < -0.39 is 16.1 Å². The molecular formula is C18H17N3O2S. The highest BCUT2D eigenvalue weighted by Gasteiger charge is 2.38. The van der Waals surface area contributed by atoms with Crippen LogP contribution in [0.1, 0.15) is 23.0 Å². The van der Waals surface area contributed by atoms with Crippen molar-refractivity contribution in [1.29, 1.82) is 0 Å². The molecule has 3 aromatic rings. The molecule has 0 spiro atoms. The van der Waals surface area contributed by atoms with Crippen LogP contribution in [0.4, 0.5) is 0 Å². The van der Waals surface area contributed by atoms with Crippen LogP contribution in [0.5, 0.6) is 0 Å². The molecule has 0 amide bonds. The van der Waals surface area contributed by atoms with Crippen LogP contribution in [-0.2, 0) is 16.4 Å². The molecule has 1 atom stereocenters. The Morgan fingerprint density at radius 1 is 1.00 bits per heavy atom.